The van der Waals surface area contributed by atoms with Gasteiger partial charge in [0.25, 0.3) is 0 Å². The molecule has 0 spiro atoms. The molecule has 88 valence electrons. The summed E-state index contributed by atoms with van der Waals surface area (Å²) in [5.41, 5.74) is 4.52. The Hall–Kier alpha value is -2.29. The Morgan fingerprint density at radius 3 is 2.83 bits per heavy atom. The van der Waals surface area contributed by atoms with E-state index in [2.05, 4.69) is 39.7 Å². The minimum absolute atomic E-state index is 1.05. The molecule has 0 aliphatic carbocycles. The van der Waals surface area contributed by atoms with E-state index < -0.39 is 0 Å². The Bertz CT molecular complexity index is 720. The van der Waals surface area contributed by atoms with Crippen LogP contribution < -0.4 is 4.57 Å². The van der Waals surface area contributed by atoms with E-state index in [0.717, 1.165) is 11.2 Å². The molecule has 2 heterocycles. The predicted octanol–water partition coefficient (Wildman–Crippen LogP) is 2.43. The van der Waals surface area contributed by atoms with Gasteiger partial charge < -0.3 is 0 Å². The third kappa shape index (κ3) is 1.64. The average molecular weight is 236 g/mol. The smallest absolute Gasteiger partial charge is 0.231 e. The van der Waals surface area contributed by atoms with Crippen molar-refractivity contribution >= 4 is 10.9 Å². The first kappa shape index (κ1) is 10.8. The van der Waals surface area contributed by atoms with Crippen LogP contribution in [0.25, 0.3) is 22.2 Å². The van der Waals surface area contributed by atoms with Crippen LogP contribution in [0.4, 0.5) is 0 Å². The maximum absolute atomic E-state index is 4.47. The van der Waals surface area contributed by atoms with E-state index in [9.17, 15) is 0 Å². The van der Waals surface area contributed by atoms with Crippen LogP contribution in [0.5, 0.6) is 0 Å². The molecule has 1 aromatic carbocycles. The fourth-order valence-corrected chi connectivity index (χ4v) is 2.25. The molecule has 2 aromatic heterocycles. The van der Waals surface area contributed by atoms with Gasteiger partial charge >= 0.3 is 0 Å². The molecule has 0 saturated heterocycles. The van der Waals surface area contributed by atoms with Crippen LogP contribution in [0, 0.1) is 6.92 Å². The van der Waals surface area contributed by atoms with Crippen LogP contribution >= 0.6 is 0 Å². The predicted molar refractivity (Wildman–Crippen MR) is 70.9 cm³/mol. The minimum atomic E-state index is 1.05. The Labute approximate surface area is 106 Å². The summed E-state index contributed by atoms with van der Waals surface area (Å²) < 4.78 is 2.07. The molecule has 0 radical (unpaired) electrons. The Morgan fingerprint density at radius 1 is 1.11 bits per heavy atom. The largest absolute Gasteiger partial charge is 0.256 e. The molecule has 0 atom stereocenters. The zero-order chi connectivity index (χ0) is 12.5. The van der Waals surface area contributed by atoms with E-state index in [-0.39, 0.29) is 0 Å². The van der Waals surface area contributed by atoms with E-state index in [4.69, 9.17) is 0 Å². The second-order valence-corrected chi connectivity index (χ2v) is 4.39. The van der Waals surface area contributed by atoms with E-state index in [1.807, 2.05) is 31.7 Å². The molecule has 3 heteroatoms. The van der Waals surface area contributed by atoms with Gasteiger partial charge in [0, 0.05) is 11.6 Å². The van der Waals surface area contributed by atoms with Gasteiger partial charge in [-0.25, -0.2) is 0 Å². The lowest BCUT2D eigenvalue weighted by Crippen LogP contribution is -2.30. The van der Waals surface area contributed by atoms with Crippen molar-refractivity contribution < 1.29 is 4.57 Å². The van der Waals surface area contributed by atoms with Crippen molar-refractivity contribution in [2.75, 3.05) is 0 Å². The van der Waals surface area contributed by atoms with Crippen LogP contribution in [-0.2, 0) is 7.05 Å². The van der Waals surface area contributed by atoms with E-state index >= 15 is 0 Å². The molecule has 0 N–H and O–H groups in total. The summed E-state index contributed by atoms with van der Waals surface area (Å²) >= 11 is 0. The number of hydrogen-bond acceptors (Lipinski definition) is 2. The molecule has 0 fully saturated rings. The molecule has 0 saturated carbocycles. The van der Waals surface area contributed by atoms with Crippen molar-refractivity contribution in [1.29, 1.82) is 0 Å². The Balaban J connectivity index is 2.31. The topological polar surface area (TPSA) is 29.7 Å². The van der Waals surface area contributed by atoms with Crippen LogP contribution in [0.1, 0.15) is 5.56 Å². The zero-order valence-corrected chi connectivity index (χ0v) is 10.5. The molecule has 18 heavy (non-hydrogen) atoms. The summed E-state index contributed by atoms with van der Waals surface area (Å²) in [5.74, 6) is 0. The van der Waals surface area contributed by atoms with Crippen molar-refractivity contribution in [3.05, 3.63) is 54.6 Å². The lowest BCUT2D eigenvalue weighted by atomic mass is 10.0. The lowest BCUT2D eigenvalue weighted by Gasteiger charge is -2.06. The van der Waals surface area contributed by atoms with Gasteiger partial charge in [-0.05, 0) is 24.6 Å². The highest BCUT2D eigenvalue weighted by Crippen LogP contribution is 2.25. The first-order chi connectivity index (χ1) is 8.77. The minimum Gasteiger partial charge on any atom is -0.256 e. The zero-order valence-electron chi connectivity index (χ0n) is 10.5. The van der Waals surface area contributed by atoms with Crippen LogP contribution in [0.3, 0.4) is 0 Å². The van der Waals surface area contributed by atoms with Crippen LogP contribution in [0.15, 0.2) is 49.1 Å². The molecule has 0 aliphatic rings. The van der Waals surface area contributed by atoms with Crippen molar-refractivity contribution in [2.24, 2.45) is 7.05 Å². The van der Waals surface area contributed by atoms with Gasteiger partial charge in [-0.15, -0.1) is 0 Å². The number of aryl methyl sites for hydroxylation is 2. The summed E-state index contributed by atoms with van der Waals surface area (Å²) in [5, 5.41) is 1.17. The van der Waals surface area contributed by atoms with Gasteiger partial charge in [-0.3, -0.25) is 9.97 Å². The number of benzene rings is 1. The standard InChI is InChI=1S/C15H14N3/c1-11-13(14-10-16-8-9-18(14)2)6-5-12-4-3-7-17-15(11)12/h3-10H,1-2H3/q+1. The molecule has 3 rings (SSSR count). The Kier molecular flexibility index (Phi) is 2.52. The third-order valence-electron chi connectivity index (χ3n) is 3.26. The second-order valence-electron chi connectivity index (χ2n) is 4.39. The van der Waals surface area contributed by atoms with Gasteiger partial charge in [0.05, 0.1) is 23.5 Å². The van der Waals surface area contributed by atoms with Gasteiger partial charge in [0.1, 0.15) is 7.05 Å². The number of aromatic nitrogens is 3. The van der Waals surface area contributed by atoms with E-state index in [0.29, 0.717) is 0 Å². The highest BCUT2D eigenvalue weighted by Gasteiger charge is 2.14. The lowest BCUT2D eigenvalue weighted by molar-refractivity contribution is -0.660. The summed E-state index contributed by atoms with van der Waals surface area (Å²) in [7, 11) is 2.03. The quantitative estimate of drug-likeness (QED) is 0.607. The average Bonchev–Trinajstić information content (AvgIpc) is 2.41. The molecule has 0 bridgehead atoms. The van der Waals surface area contributed by atoms with E-state index in [1.54, 1.807) is 6.20 Å². The van der Waals surface area contributed by atoms with Gasteiger partial charge in [0.15, 0.2) is 6.20 Å². The van der Waals surface area contributed by atoms with Crippen molar-refractivity contribution in [3.63, 3.8) is 0 Å². The van der Waals surface area contributed by atoms with Crippen molar-refractivity contribution in [1.82, 2.24) is 9.97 Å². The number of fused-ring (bicyclic) bond motifs is 1. The number of hydrogen-bond donors (Lipinski definition) is 0. The molecule has 3 nitrogen and oxygen atoms in total. The number of rotatable bonds is 1. The van der Waals surface area contributed by atoms with Crippen molar-refractivity contribution in [2.45, 2.75) is 6.92 Å². The Morgan fingerprint density at radius 2 is 2.00 bits per heavy atom. The molecular formula is C15H14N3+. The second kappa shape index (κ2) is 4.18. The summed E-state index contributed by atoms with van der Waals surface area (Å²) in [6.07, 6.45) is 7.47. The molecule has 0 aliphatic heterocycles. The summed E-state index contributed by atoms with van der Waals surface area (Å²) in [6, 6.07) is 8.29. The third-order valence-corrected chi connectivity index (χ3v) is 3.26. The highest BCUT2D eigenvalue weighted by molar-refractivity contribution is 5.87. The molecule has 3 aromatic rings. The number of pyridine rings is 1. The van der Waals surface area contributed by atoms with Crippen LogP contribution in [-0.4, -0.2) is 9.97 Å². The molecule has 0 unspecified atom stereocenters. The van der Waals surface area contributed by atoms with Gasteiger partial charge in [-0.1, -0.05) is 12.1 Å². The molecular weight excluding hydrogens is 222 g/mol. The number of nitrogens with zero attached hydrogens (tertiary/aromatic N) is 3. The maximum atomic E-state index is 4.47. The van der Waals surface area contributed by atoms with Crippen LogP contribution in [0.2, 0.25) is 0 Å². The van der Waals surface area contributed by atoms with Crippen molar-refractivity contribution in [3.8, 4) is 11.3 Å². The highest BCUT2D eigenvalue weighted by atomic mass is 14.9. The summed E-state index contributed by atoms with van der Waals surface area (Å²) in [6.45, 7) is 2.11. The SMILES string of the molecule is Cc1c(-c2cncc[n+]2C)ccc2cccnc12. The normalized spacial score (nSPS) is 10.8. The maximum Gasteiger partial charge on any atom is 0.231 e. The van der Waals surface area contributed by atoms with Gasteiger partial charge in [-0.2, -0.15) is 4.57 Å². The molecule has 0 amide bonds. The fourth-order valence-electron chi connectivity index (χ4n) is 2.25. The first-order valence-electron chi connectivity index (χ1n) is 5.92. The van der Waals surface area contributed by atoms with Gasteiger partial charge in [0.2, 0.25) is 5.69 Å². The fraction of sp³-hybridized carbons (Fsp3) is 0.133. The summed E-state index contributed by atoms with van der Waals surface area (Å²) in [4.78, 5) is 8.67. The monoisotopic (exact) mass is 236 g/mol. The van der Waals surface area contributed by atoms with E-state index in [1.165, 1.54) is 16.5 Å². The first-order valence-corrected chi connectivity index (χ1v) is 5.92.